The van der Waals surface area contributed by atoms with E-state index in [0.717, 1.165) is 11.3 Å². The normalized spacial score (nSPS) is 11.5. The Labute approximate surface area is 194 Å². The lowest BCUT2D eigenvalue weighted by atomic mass is 10.2. The summed E-state index contributed by atoms with van der Waals surface area (Å²) >= 11 is 5.86. The van der Waals surface area contributed by atoms with Crippen LogP contribution in [0.2, 0.25) is 5.02 Å². The summed E-state index contributed by atoms with van der Waals surface area (Å²) in [5.41, 5.74) is 0.946. The van der Waals surface area contributed by atoms with Gasteiger partial charge in [0.2, 0.25) is 10.0 Å². The van der Waals surface area contributed by atoms with Crippen LogP contribution in [-0.4, -0.2) is 53.6 Å². The predicted octanol–water partition coefficient (Wildman–Crippen LogP) is 2.95. The molecule has 0 unspecified atom stereocenters. The van der Waals surface area contributed by atoms with Gasteiger partial charge in [0.25, 0.3) is 0 Å². The maximum Gasteiger partial charge on any atom is 0.240 e. The van der Waals surface area contributed by atoms with Gasteiger partial charge in [0.05, 0.1) is 11.4 Å². The molecule has 29 heavy (non-hydrogen) atoms. The monoisotopic (exact) mass is 552 g/mol. The van der Waals surface area contributed by atoms with Gasteiger partial charge in [-0.1, -0.05) is 23.7 Å². The van der Waals surface area contributed by atoms with Crippen LogP contribution in [0.15, 0.2) is 58.4 Å². The highest BCUT2D eigenvalue weighted by Gasteiger charge is 2.11. The van der Waals surface area contributed by atoms with Gasteiger partial charge in [-0.2, -0.15) is 0 Å². The number of nitrogens with zero attached hydrogens (tertiary/aromatic N) is 2. The van der Waals surface area contributed by atoms with Gasteiger partial charge >= 0.3 is 0 Å². The first-order chi connectivity index (χ1) is 13.4. The van der Waals surface area contributed by atoms with Crippen LogP contribution in [0, 0.1) is 0 Å². The lowest BCUT2D eigenvalue weighted by Crippen LogP contribution is -2.40. The van der Waals surface area contributed by atoms with Gasteiger partial charge < -0.3 is 15.0 Å². The highest BCUT2D eigenvalue weighted by atomic mass is 127. The first-order valence-electron chi connectivity index (χ1n) is 8.68. The zero-order valence-electron chi connectivity index (χ0n) is 16.6. The molecule has 2 rings (SSSR count). The van der Waals surface area contributed by atoms with Crippen LogP contribution in [0.3, 0.4) is 0 Å². The number of ether oxygens (including phenoxy) is 1. The van der Waals surface area contributed by atoms with Gasteiger partial charge in [-0.05, 0) is 49.0 Å². The minimum atomic E-state index is -3.42. The van der Waals surface area contributed by atoms with Gasteiger partial charge in [-0.15, -0.1) is 24.0 Å². The SMILES string of the molecule is CN=C(NCc1ccc(S(=O)(=O)NC)cc1)N(C)CCOc1ccc(Cl)cc1.I. The summed E-state index contributed by atoms with van der Waals surface area (Å²) < 4.78 is 31.5. The lowest BCUT2D eigenvalue weighted by Gasteiger charge is -2.22. The van der Waals surface area contributed by atoms with E-state index in [-0.39, 0.29) is 28.9 Å². The average Bonchev–Trinajstić information content (AvgIpc) is 2.70. The summed E-state index contributed by atoms with van der Waals surface area (Å²) in [6, 6.07) is 13.9. The molecule has 0 aliphatic heterocycles. The van der Waals surface area contributed by atoms with Crippen molar-refractivity contribution in [3.63, 3.8) is 0 Å². The first-order valence-corrected chi connectivity index (χ1v) is 10.5. The third kappa shape index (κ3) is 8.00. The first kappa shape index (κ1) is 25.5. The average molecular weight is 553 g/mol. The third-order valence-electron chi connectivity index (χ3n) is 4.04. The summed E-state index contributed by atoms with van der Waals surface area (Å²) in [6.07, 6.45) is 0. The molecule has 0 heterocycles. The Morgan fingerprint density at radius 2 is 1.76 bits per heavy atom. The number of nitrogens with one attached hydrogen (secondary N) is 2. The van der Waals surface area contributed by atoms with E-state index in [1.54, 1.807) is 43.4 Å². The van der Waals surface area contributed by atoms with Gasteiger partial charge in [0.15, 0.2) is 5.96 Å². The molecule has 160 valence electrons. The maximum atomic E-state index is 11.8. The van der Waals surface area contributed by atoms with Crippen molar-refractivity contribution in [2.24, 2.45) is 4.99 Å². The van der Waals surface area contributed by atoms with Crippen LogP contribution in [0.5, 0.6) is 5.75 Å². The van der Waals surface area contributed by atoms with E-state index in [9.17, 15) is 8.42 Å². The number of guanidine groups is 1. The number of sulfonamides is 1. The fourth-order valence-corrected chi connectivity index (χ4v) is 3.26. The Morgan fingerprint density at radius 3 is 2.31 bits per heavy atom. The molecule has 0 saturated heterocycles. The van der Waals surface area contributed by atoms with E-state index in [4.69, 9.17) is 16.3 Å². The third-order valence-corrected chi connectivity index (χ3v) is 5.72. The van der Waals surface area contributed by atoms with Crippen molar-refractivity contribution in [3.05, 3.63) is 59.1 Å². The van der Waals surface area contributed by atoms with Crippen LogP contribution in [0.1, 0.15) is 5.56 Å². The number of benzene rings is 2. The molecule has 2 aromatic rings. The quantitative estimate of drug-likeness (QED) is 0.299. The fraction of sp³-hybridized carbons (Fsp3) is 0.316. The Bertz CT molecular complexity index is 891. The van der Waals surface area contributed by atoms with Gasteiger partial charge in [0.1, 0.15) is 12.4 Å². The molecule has 2 N–H and O–H groups in total. The van der Waals surface area contributed by atoms with Crippen molar-refractivity contribution in [2.45, 2.75) is 11.4 Å². The maximum absolute atomic E-state index is 11.8. The van der Waals surface area contributed by atoms with Crippen LogP contribution in [0.4, 0.5) is 0 Å². The van der Waals surface area contributed by atoms with Gasteiger partial charge in [0, 0.05) is 25.7 Å². The largest absolute Gasteiger partial charge is 0.492 e. The zero-order chi connectivity index (χ0) is 20.6. The van der Waals surface area contributed by atoms with Gasteiger partial charge in [-0.25, -0.2) is 13.1 Å². The molecule has 0 aliphatic rings. The molecule has 2 aromatic carbocycles. The molecule has 0 aromatic heterocycles. The number of likely N-dealkylation sites (N-methyl/N-ethyl adjacent to an activating group) is 1. The molecule has 0 spiro atoms. The van der Waals surface area contributed by atoms with E-state index >= 15 is 0 Å². The highest BCUT2D eigenvalue weighted by Crippen LogP contribution is 2.15. The molecule has 0 bridgehead atoms. The Kier molecular flexibility index (Phi) is 10.7. The molecule has 0 fully saturated rings. The summed E-state index contributed by atoms with van der Waals surface area (Å²) in [6.45, 7) is 1.66. The molecular weight excluding hydrogens is 527 g/mol. The summed E-state index contributed by atoms with van der Waals surface area (Å²) in [5, 5.41) is 3.92. The summed E-state index contributed by atoms with van der Waals surface area (Å²) in [4.78, 5) is 6.45. The van der Waals surface area contributed by atoms with Crippen molar-refractivity contribution in [2.75, 3.05) is 34.3 Å². The molecule has 0 amide bonds. The topological polar surface area (TPSA) is 83.0 Å². The molecule has 0 saturated carbocycles. The molecule has 0 aliphatic carbocycles. The van der Waals surface area contributed by atoms with Crippen molar-refractivity contribution in [3.8, 4) is 5.75 Å². The molecular formula is C19H26ClIN4O3S. The Balaban J connectivity index is 0.00000420. The smallest absolute Gasteiger partial charge is 0.240 e. The van der Waals surface area contributed by atoms with Crippen LogP contribution in [0.25, 0.3) is 0 Å². The van der Waals surface area contributed by atoms with E-state index in [1.807, 2.05) is 24.1 Å². The number of halogens is 2. The van der Waals surface area contributed by atoms with Crippen molar-refractivity contribution in [1.29, 1.82) is 0 Å². The Hall–Kier alpha value is -1.56. The number of hydrogen-bond acceptors (Lipinski definition) is 4. The Morgan fingerprint density at radius 1 is 1.14 bits per heavy atom. The van der Waals surface area contributed by atoms with Gasteiger partial charge in [-0.3, -0.25) is 4.99 Å². The molecule has 0 radical (unpaired) electrons. The van der Waals surface area contributed by atoms with Crippen LogP contribution in [-0.2, 0) is 16.6 Å². The summed E-state index contributed by atoms with van der Waals surface area (Å²) in [5.74, 6) is 1.48. The minimum absolute atomic E-state index is 0. The van der Waals surface area contributed by atoms with Crippen molar-refractivity contribution in [1.82, 2.24) is 14.9 Å². The van der Waals surface area contributed by atoms with E-state index in [0.29, 0.717) is 30.7 Å². The minimum Gasteiger partial charge on any atom is -0.492 e. The summed E-state index contributed by atoms with van der Waals surface area (Å²) in [7, 11) is 1.60. The second kappa shape index (κ2) is 12.2. The number of rotatable bonds is 8. The predicted molar refractivity (Wildman–Crippen MR) is 128 cm³/mol. The van der Waals surface area contributed by atoms with E-state index < -0.39 is 10.0 Å². The van der Waals surface area contributed by atoms with Crippen LogP contribution >= 0.6 is 35.6 Å². The van der Waals surface area contributed by atoms with Crippen LogP contribution < -0.4 is 14.8 Å². The fourth-order valence-electron chi connectivity index (χ4n) is 2.41. The molecule has 10 heteroatoms. The van der Waals surface area contributed by atoms with E-state index in [1.165, 1.54) is 7.05 Å². The van der Waals surface area contributed by atoms with Crippen molar-refractivity contribution >= 4 is 51.6 Å². The number of aliphatic imine (C=N–C) groups is 1. The molecule has 7 nitrogen and oxygen atoms in total. The van der Waals surface area contributed by atoms with E-state index in [2.05, 4.69) is 15.0 Å². The second-order valence-electron chi connectivity index (χ2n) is 5.98. The zero-order valence-corrected chi connectivity index (χ0v) is 20.5. The van der Waals surface area contributed by atoms with Crippen molar-refractivity contribution < 1.29 is 13.2 Å². The second-order valence-corrected chi connectivity index (χ2v) is 8.30. The number of hydrogen-bond donors (Lipinski definition) is 2. The standard InChI is InChI=1S/C19H25ClN4O3S.HI/c1-21-19(24(3)12-13-27-17-8-6-16(20)7-9-17)23-14-15-4-10-18(11-5-15)28(25,26)22-2;/h4-11,22H,12-14H2,1-3H3,(H,21,23);1H. The highest BCUT2D eigenvalue weighted by molar-refractivity contribution is 14.0. The lowest BCUT2D eigenvalue weighted by molar-refractivity contribution is 0.281. The molecule has 0 atom stereocenters.